The van der Waals surface area contributed by atoms with E-state index in [1.54, 1.807) is 0 Å². The molecule has 1 aromatic heterocycles. The molecule has 1 saturated heterocycles. The maximum absolute atomic E-state index is 12.0. The number of hydrogen-bond donors (Lipinski definition) is 1. The van der Waals surface area contributed by atoms with E-state index in [0.717, 1.165) is 44.6 Å². The first-order valence-corrected chi connectivity index (χ1v) is 8.33. The smallest absolute Gasteiger partial charge is 0.228 e. The number of carbonyl (C=O) groups is 1. The van der Waals surface area contributed by atoms with Crippen LogP contribution in [0.15, 0.2) is 18.2 Å². The number of likely N-dealkylation sites (tertiary alicyclic amines) is 1. The molecule has 0 spiro atoms. The van der Waals surface area contributed by atoms with Gasteiger partial charge in [-0.2, -0.15) is 0 Å². The summed E-state index contributed by atoms with van der Waals surface area (Å²) in [5, 5.41) is 2.96. The summed E-state index contributed by atoms with van der Waals surface area (Å²) in [6.07, 6.45) is 5.52. The van der Waals surface area contributed by atoms with Crippen molar-refractivity contribution in [3.63, 3.8) is 0 Å². The van der Waals surface area contributed by atoms with Crippen LogP contribution in [0, 0.1) is 5.92 Å². The number of anilines is 2. The monoisotopic (exact) mass is 302 g/mol. The molecule has 1 amide bonds. The Bertz CT molecular complexity index is 521. The lowest BCUT2D eigenvalue weighted by molar-refractivity contribution is -0.122. The highest BCUT2D eigenvalue weighted by Crippen LogP contribution is 2.28. The van der Waals surface area contributed by atoms with Gasteiger partial charge in [0.25, 0.3) is 0 Å². The first-order chi connectivity index (χ1) is 10.6. The molecular weight excluding hydrogens is 276 g/mol. The van der Waals surface area contributed by atoms with Crippen molar-refractivity contribution in [3.8, 4) is 0 Å². The Morgan fingerprint density at radius 1 is 1.27 bits per heavy atom. The molecule has 5 nitrogen and oxygen atoms in total. The second-order valence-electron chi connectivity index (χ2n) is 6.64. The van der Waals surface area contributed by atoms with Gasteiger partial charge in [0.1, 0.15) is 11.6 Å². The summed E-state index contributed by atoms with van der Waals surface area (Å²) in [5.41, 5.74) is 0. The van der Waals surface area contributed by atoms with Gasteiger partial charge in [-0.15, -0.1) is 0 Å². The summed E-state index contributed by atoms with van der Waals surface area (Å²) < 4.78 is 0. The molecule has 0 atom stereocenters. The molecule has 5 heteroatoms. The zero-order chi connectivity index (χ0) is 15.5. The third-order valence-corrected chi connectivity index (χ3v) is 5.06. The highest BCUT2D eigenvalue weighted by Gasteiger charge is 2.26. The zero-order valence-corrected chi connectivity index (χ0v) is 13.6. The van der Waals surface area contributed by atoms with Crippen LogP contribution < -0.4 is 10.2 Å². The summed E-state index contributed by atoms with van der Waals surface area (Å²) >= 11 is 0. The first kappa shape index (κ1) is 15.3. The average Bonchev–Trinajstić information content (AvgIpc) is 2.45. The summed E-state index contributed by atoms with van der Waals surface area (Å²) in [4.78, 5) is 21.3. The van der Waals surface area contributed by atoms with Crippen molar-refractivity contribution in [2.45, 2.75) is 38.1 Å². The Hall–Kier alpha value is -1.62. The van der Waals surface area contributed by atoms with E-state index in [1.807, 2.05) is 18.2 Å². The van der Waals surface area contributed by atoms with E-state index in [-0.39, 0.29) is 11.8 Å². The highest BCUT2D eigenvalue weighted by molar-refractivity contribution is 5.92. The van der Waals surface area contributed by atoms with Crippen LogP contribution in [0.1, 0.15) is 32.1 Å². The van der Waals surface area contributed by atoms with Gasteiger partial charge in [-0.25, -0.2) is 4.98 Å². The predicted octanol–water partition coefficient (Wildman–Crippen LogP) is 2.35. The van der Waals surface area contributed by atoms with Gasteiger partial charge in [-0.05, 0) is 58.0 Å². The Morgan fingerprint density at radius 2 is 2.00 bits per heavy atom. The lowest BCUT2D eigenvalue weighted by Gasteiger charge is -2.35. The van der Waals surface area contributed by atoms with Gasteiger partial charge in [0.05, 0.1) is 0 Å². The van der Waals surface area contributed by atoms with Crippen LogP contribution in [-0.2, 0) is 4.79 Å². The molecule has 2 fully saturated rings. The van der Waals surface area contributed by atoms with Gasteiger partial charge in [0.15, 0.2) is 0 Å². The number of nitrogens with zero attached hydrogens (tertiary/aromatic N) is 3. The molecule has 1 aromatic rings. The standard InChI is InChI=1S/C17H26N4O/c1-20-11-9-14(10-12-20)21(2)16-8-4-7-15(18-16)19-17(22)13-5-3-6-13/h4,7-8,13-14H,3,5-6,9-12H2,1-2H3,(H,18,19,22). The molecule has 0 aromatic carbocycles. The van der Waals surface area contributed by atoms with Gasteiger partial charge >= 0.3 is 0 Å². The van der Waals surface area contributed by atoms with E-state index in [2.05, 4.69) is 34.2 Å². The Labute approximate surface area is 132 Å². The van der Waals surface area contributed by atoms with Crippen molar-refractivity contribution >= 4 is 17.5 Å². The summed E-state index contributed by atoms with van der Waals surface area (Å²) in [5.74, 6) is 1.94. The molecule has 1 N–H and O–H groups in total. The second-order valence-corrected chi connectivity index (χ2v) is 6.64. The minimum Gasteiger partial charge on any atom is -0.357 e. The van der Waals surface area contributed by atoms with Crippen LogP contribution in [0.25, 0.3) is 0 Å². The molecule has 0 radical (unpaired) electrons. The molecular formula is C17H26N4O. The van der Waals surface area contributed by atoms with E-state index in [1.165, 1.54) is 6.42 Å². The number of rotatable bonds is 4. The summed E-state index contributed by atoms with van der Waals surface area (Å²) in [6.45, 7) is 2.26. The van der Waals surface area contributed by atoms with Crippen molar-refractivity contribution in [3.05, 3.63) is 18.2 Å². The van der Waals surface area contributed by atoms with Gasteiger partial charge < -0.3 is 15.1 Å². The van der Waals surface area contributed by atoms with E-state index in [9.17, 15) is 4.79 Å². The van der Waals surface area contributed by atoms with Gasteiger partial charge in [-0.3, -0.25) is 4.79 Å². The lowest BCUT2D eigenvalue weighted by atomic mass is 9.85. The number of aromatic nitrogens is 1. The molecule has 1 saturated carbocycles. The van der Waals surface area contributed by atoms with Crippen LogP contribution >= 0.6 is 0 Å². The van der Waals surface area contributed by atoms with E-state index < -0.39 is 0 Å². The van der Waals surface area contributed by atoms with Crippen LogP contribution in [0.2, 0.25) is 0 Å². The molecule has 120 valence electrons. The zero-order valence-electron chi connectivity index (χ0n) is 13.6. The maximum atomic E-state index is 12.0. The topological polar surface area (TPSA) is 48.5 Å². The molecule has 1 aliphatic heterocycles. The van der Waals surface area contributed by atoms with E-state index in [4.69, 9.17) is 0 Å². The molecule has 3 rings (SSSR count). The molecule has 2 aliphatic rings. The van der Waals surface area contributed by atoms with E-state index in [0.29, 0.717) is 11.9 Å². The maximum Gasteiger partial charge on any atom is 0.228 e. The van der Waals surface area contributed by atoms with E-state index >= 15 is 0 Å². The molecule has 2 heterocycles. The van der Waals surface area contributed by atoms with Gasteiger partial charge in [0, 0.05) is 19.0 Å². The quantitative estimate of drug-likeness (QED) is 0.927. The van der Waals surface area contributed by atoms with Crippen LogP contribution in [0.5, 0.6) is 0 Å². The fraction of sp³-hybridized carbons (Fsp3) is 0.647. The minimum atomic E-state index is 0.123. The first-order valence-electron chi connectivity index (χ1n) is 8.33. The van der Waals surface area contributed by atoms with Crippen molar-refractivity contribution in [2.75, 3.05) is 37.4 Å². The Morgan fingerprint density at radius 3 is 2.64 bits per heavy atom. The van der Waals surface area contributed by atoms with Gasteiger partial charge in [-0.1, -0.05) is 12.5 Å². The molecule has 0 unspecified atom stereocenters. The number of piperidine rings is 1. The number of amides is 1. The molecule has 22 heavy (non-hydrogen) atoms. The van der Waals surface area contributed by atoms with Crippen LogP contribution in [0.3, 0.4) is 0 Å². The lowest BCUT2D eigenvalue weighted by Crippen LogP contribution is -2.42. The number of pyridine rings is 1. The summed E-state index contributed by atoms with van der Waals surface area (Å²) in [6, 6.07) is 6.41. The number of hydrogen-bond acceptors (Lipinski definition) is 4. The van der Waals surface area contributed by atoms with Crippen molar-refractivity contribution in [1.29, 1.82) is 0 Å². The molecule has 0 bridgehead atoms. The normalized spacial score (nSPS) is 20.5. The minimum absolute atomic E-state index is 0.123. The Balaban J connectivity index is 1.63. The molecule has 1 aliphatic carbocycles. The fourth-order valence-electron chi connectivity index (χ4n) is 3.16. The number of carbonyl (C=O) groups excluding carboxylic acids is 1. The second kappa shape index (κ2) is 6.65. The van der Waals surface area contributed by atoms with Crippen molar-refractivity contribution in [2.24, 2.45) is 5.92 Å². The van der Waals surface area contributed by atoms with Crippen molar-refractivity contribution in [1.82, 2.24) is 9.88 Å². The third-order valence-electron chi connectivity index (χ3n) is 5.06. The van der Waals surface area contributed by atoms with Crippen LogP contribution in [0.4, 0.5) is 11.6 Å². The SMILES string of the molecule is CN1CCC(N(C)c2cccc(NC(=O)C3CCC3)n2)CC1. The number of nitrogens with one attached hydrogen (secondary N) is 1. The van der Waals surface area contributed by atoms with Crippen molar-refractivity contribution < 1.29 is 4.79 Å². The third kappa shape index (κ3) is 3.40. The fourth-order valence-corrected chi connectivity index (χ4v) is 3.16. The highest BCUT2D eigenvalue weighted by atomic mass is 16.2. The van der Waals surface area contributed by atoms with Crippen LogP contribution in [-0.4, -0.2) is 49.0 Å². The largest absolute Gasteiger partial charge is 0.357 e. The average molecular weight is 302 g/mol. The Kier molecular flexibility index (Phi) is 4.62. The predicted molar refractivity (Wildman–Crippen MR) is 89.1 cm³/mol. The van der Waals surface area contributed by atoms with Gasteiger partial charge in [0.2, 0.25) is 5.91 Å². The summed E-state index contributed by atoms with van der Waals surface area (Å²) in [7, 11) is 4.28.